The molecule has 0 atom stereocenters. The lowest BCUT2D eigenvalue weighted by Crippen LogP contribution is -2.11. The first-order valence-corrected chi connectivity index (χ1v) is 7.60. The van der Waals surface area contributed by atoms with E-state index in [-0.39, 0.29) is 11.7 Å². The molecule has 0 aliphatic rings. The molecule has 0 bridgehead atoms. The van der Waals surface area contributed by atoms with Gasteiger partial charge >= 0.3 is 0 Å². The van der Waals surface area contributed by atoms with Crippen molar-refractivity contribution in [2.75, 3.05) is 0 Å². The Morgan fingerprint density at radius 1 is 0.762 bits per heavy atom. The minimum atomic E-state index is -0.344. The summed E-state index contributed by atoms with van der Waals surface area (Å²) in [6, 6.07) is 0. The molecule has 118 valence electrons. The summed E-state index contributed by atoms with van der Waals surface area (Å²) < 4.78 is 0. The number of ketones is 1. The molecule has 0 spiro atoms. The molecule has 1 amide bonds. The fourth-order valence-electron chi connectivity index (χ4n) is 1.89. The quantitative estimate of drug-likeness (QED) is 0.483. The van der Waals surface area contributed by atoms with E-state index in [0.717, 1.165) is 32.1 Å². The van der Waals surface area contributed by atoms with Gasteiger partial charge in [-0.05, 0) is 59.8 Å². The van der Waals surface area contributed by atoms with Crippen LogP contribution in [0.3, 0.4) is 0 Å². The topological polar surface area (TPSA) is 60.2 Å². The molecule has 0 aromatic heterocycles. The number of hydrogen-bond acceptors (Lipinski definition) is 2. The van der Waals surface area contributed by atoms with Gasteiger partial charge in [-0.25, -0.2) is 0 Å². The monoisotopic (exact) mass is 291 g/mol. The summed E-state index contributed by atoms with van der Waals surface area (Å²) in [4.78, 5) is 21.7. The lowest BCUT2D eigenvalue weighted by Gasteiger charge is -2.01. The van der Waals surface area contributed by atoms with Crippen molar-refractivity contribution in [2.45, 2.75) is 66.2 Å². The number of hydrogen-bond donors (Lipinski definition) is 1. The number of amides is 1. The number of nitrogens with two attached hydrogens (primary N) is 1. The Morgan fingerprint density at radius 2 is 1.19 bits per heavy atom. The van der Waals surface area contributed by atoms with Crippen LogP contribution in [0.15, 0.2) is 34.9 Å². The number of primary amides is 1. The maximum atomic E-state index is 10.9. The summed E-state index contributed by atoms with van der Waals surface area (Å²) in [5.41, 5.74) is 8.48. The first-order valence-electron chi connectivity index (χ1n) is 7.60. The van der Waals surface area contributed by atoms with Gasteiger partial charge in [-0.1, -0.05) is 29.4 Å². The first kappa shape index (κ1) is 19.4. The van der Waals surface area contributed by atoms with E-state index in [1.54, 1.807) is 13.8 Å². The maximum absolute atomic E-state index is 10.9. The highest BCUT2D eigenvalue weighted by Gasteiger charge is 1.96. The van der Waals surface area contributed by atoms with Crippen LogP contribution in [0.2, 0.25) is 0 Å². The summed E-state index contributed by atoms with van der Waals surface area (Å²) in [7, 11) is 0. The van der Waals surface area contributed by atoms with Crippen LogP contribution >= 0.6 is 0 Å². The van der Waals surface area contributed by atoms with Gasteiger partial charge in [0.05, 0.1) is 0 Å². The molecule has 0 aliphatic carbocycles. The fraction of sp³-hybridized carbons (Fsp3) is 0.556. The molecule has 0 saturated heterocycles. The number of rotatable bonds is 10. The molecule has 0 unspecified atom stereocenters. The molecule has 0 aliphatic heterocycles. The molecular weight excluding hydrogens is 262 g/mol. The van der Waals surface area contributed by atoms with E-state index < -0.39 is 0 Å². The van der Waals surface area contributed by atoms with Gasteiger partial charge in [0.2, 0.25) is 5.91 Å². The van der Waals surface area contributed by atoms with Crippen LogP contribution in [-0.4, -0.2) is 11.7 Å². The second-order valence-corrected chi connectivity index (χ2v) is 5.67. The largest absolute Gasteiger partial charge is 0.366 e. The van der Waals surface area contributed by atoms with Crippen LogP contribution in [0.25, 0.3) is 0 Å². The van der Waals surface area contributed by atoms with E-state index in [1.807, 2.05) is 6.08 Å². The summed E-state index contributed by atoms with van der Waals surface area (Å²) in [5.74, 6) is -0.0999. The highest BCUT2D eigenvalue weighted by Crippen LogP contribution is 2.12. The van der Waals surface area contributed by atoms with Gasteiger partial charge in [-0.15, -0.1) is 0 Å². The lowest BCUT2D eigenvalue weighted by molar-refractivity contribution is -0.117. The van der Waals surface area contributed by atoms with Crippen molar-refractivity contribution in [3.8, 4) is 0 Å². The van der Waals surface area contributed by atoms with Gasteiger partial charge in [0.1, 0.15) is 5.78 Å². The Balaban J connectivity index is 3.99. The van der Waals surface area contributed by atoms with Crippen LogP contribution in [0.1, 0.15) is 66.2 Å². The smallest absolute Gasteiger partial charge is 0.244 e. The molecule has 0 rings (SSSR count). The molecular formula is C18H29NO2. The van der Waals surface area contributed by atoms with Gasteiger partial charge < -0.3 is 10.5 Å². The zero-order valence-corrected chi connectivity index (χ0v) is 13.9. The Labute approximate surface area is 129 Å². The average molecular weight is 291 g/mol. The van der Waals surface area contributed by atoms with Crippen molar-refractivity contribution in [3.05, 3.63) is 34.9 Å². The summed E-state index contributed by atoms with van der Waals surface area (Å²) >= 11 is 0. The summed E-state index contributed by atoms with van der Waals surface area (Å²) in [6.45, 7) is 7.60. The summed E-state index contributed by atoms with van der Waals surface area (Å²) in [6.07, 6.45) is 11.6. The second kappa shape index (κ2) is 11.1. The molecule has 0 saturated carbocycles. The Bertz CT molecular complexity index is 442. The Kier molecular flexibility index (Phi) is 10.2. The van der Waals surface area contributed by atoms with Crippen molar-refractivity contribution in [1.82, 2.24) is 0 Å². The highest BCUT2D eigenvalue weighted by atomic mass is 16.1. The van der Waals surface area contributed by atoms with E-state index in [4.69, 9.17) is 5.73 Å². The van der Waals surface area contributed by atoms with E-state index >= 15 is 0 Å². The molecule has 3 heteroatoms. The standard InChI is InChI=1S/C18H29NO2/c1-14(10-6-12-16(3)18(19)21)8-5-9-15(2)11-7-13-17(4)20/h8,11-12H,5-7,9-10,13H2,1-4H3,(H2,19,21). The second-order valence-electron chi connectivity index (χ2n) is 5.67. The van der Waals surface area contributed by atoms with Crippen LogP contribution in [0.4, 0.5) is 0 Å². The SMILES string of the molecule is CC(=O)CCC=C(C)CCC=C(C)CCC=C(C)C(N)=O. The van der Waals surface area contributed by atoms with Gasteiger partial charge in [0, 0.05) is 12.0 Å². The molecule has 2 N–H and O–H groups in total. The number of Topliss-reactive ketones (excluding diaryl/α,β-unsaturated/α-hetero) is 1. The third kappa shape index (κ3) is 11.9. The van der Waals surface area contributed by atoms with Crippen molar-refractivity contribution in [1.29, 1.82) is 0 Å². The van der Waals surface area contributed by atoms with Gasteiger partial charge in [-0.3, -0.25) is 4.79 Å². The zero-order valence-electron chi connectivity index (χ0n) is 13.9. The van der Waals surface area contributed by atoms with Crippen LogP contribution < -0.4 is 5.73 Å². The minimum Gasteiger partial charge on any atom is -0.366 e. The average Bonchev–Trinajstić information content (AvgIpc) is 2.37. The van der Waals surface area contributed by atoms with E-state index in [1.165, 1.54) is 11.1 Å². The lowest BCUT2D eigenvalue weighted by atomic mass is 10.1. The third-order valence-electron chi connectivity index (χ3n) is 3.40. The predicted octanol–water partition coefficient (Wildman–Crippen LogP) is 4.24. The van der Waals surface area contributed by atoms with Crippen molar-refractivity contribution in [3.63, 3.8) is 0 Å². The Morgan fingerprint density at radius 3 is 1.62 bits per heavy atom. The van der Waals surface area contributed by atoms with Crippen LogP contribution in [0, 0.1) is 0 Å². The van der Waals surface area contributed by atoms with E-state index in [9.17, 15) is 9.59 Å². The van der Waals surface area contributed by atoms with E-state index in [0.29, 0.717) is 12.0 Å². The Hall–Kier alpha value is -1.64. The van der Waals surface area contributed by atoms with Crippen LogP contribution in [0.5, 0.6) is 0 Å². The van der Waals surface area contributed by atoms with E-state index in [2.05, 4.69) is 26.0 Å². The number of carbonyl (C=O) groups is 2. The molecule has 0 fully saturated rings. The van der Waals surface area contributed by atoms with Gasteiger partial charge in [-0.2, -0.15) is 0 Å². The summed E-state index contributed by atoms with van der Waals surface area (Å²) in [5, 5.41) is 0. The molecule has 21 heavy (non-hydrogen) atoms. The minimum absolute atomic E-state index is 0.245. The van der Waals surface area contributed by atoms with Gasteiger partial charge in [0.15, 0.2) is 0 Å². The first-order chi connectivity index (χ1) is 9.82. The number of allylic oxidation sites excluding steroid dienone is 5. The normalized spacial score (nSPS) is 13.4. The predicted molar refractivity (Wildman–Crippen MR) is 88.8 cm³/mol. The zero-order chi connectivity index (χ0) is 16.3. The van der Waals surface area contributed by atoms with Crippen molar-refractivity contribution >= 4 is 11.7 Å². The fourth-order valence-corrected chi connectivity index (χ4v) is 1.89. The molecule has 0 radical (unpaired) electrons. The molecule has 3 nitrogen and oxygen atoms in total. The highest BCUT2D eigenvalue weighted by molar-refractivity contribution is 5.91. The third-order valence-corrected chi connectivity index (χ3v) is 3.40. The molecule has 0 aromatic carbocycles. The maximum Gasteiger partial charge on any atom is 0.244 e. The van der Waals surface area contributed by atoms with Crippen LogP contribution in [-0.2, 0) is 9.59 Å². The van der Waals surface area contributed by atoms with Crippen molar-refractivity contribution in [2.24, 2.45) is 5.73 Å². The molecule has 0 heterocycles. The molecule has 0 aromatic rings. The van der Waals surface area contributed by atoms with Crippen molar-refractivity contribution < 1.29 is 9.59 Å². The van der Waals surface area contributed by atoms with Gasteiger partial charge in [0.25, 0.3) is 0 Å². The number of carbonyl (C=O) groups excluding carboxylic acids is 2.